The molecule has 0 atom stereocenters. The number of hydrogen-bond donors (Lipinski definition) is 0. The summed E-state index contributed by atoms with van der Waals surface area (Å²) in [5, 5.41) is 11.2. The van der Waals surface area contributed by atoms with Crippen molar-refractivity contribution in [3.05, 3.63) is 33.3 Å². The fraction of sp³-hybridized carbons (Fsp3) is 0.500. The van der Waals surface area contributed by atoms with Gasteiger partial charge in [0.05, 0.1) is 4.92 Å². The lowest BCUT2D eigenvalue weighted by Crippen LogP contribution is -2.25. The van der Waals surface area contributed by atoms with Gasteiger partial charge in [-0.3, -0.25) is 10.1 Å². The molecule has 17 heavy (non-hydrogen) atoms. The highest BCUT2D eigenvalue weighted by atomic mass is 35.5. The molecule has 94 valence electrons. The molecule has 0 N–H and O–H groups in total. The summed E-state index contributed by atoms with van der Waals surface area (Å²) < 4.78 is 0. The molecule has 0 saturated carbocycles. The molecular formula is C12H17ClN2O2. The average molecular weight is 257 g/mol. The molecular weight excluding hydrogens is 240 g/mol. The molecule has 0 heterocycles. The molecule has 5 heteroatoms. The summed E-state index contributed by atoms with van der Waals surface area (Å²) in [5.41, 5.74) is 0.627. The third kappa shape index (κ3) is 3.33. The van der Waals surface area contributed by atoms with Crippen LogP contribution in [0.1, 0.15) is 26.7 Å². The summed E-state index contributed by atoms with van der Waals surface area (Å²) in [6, 6.07) is 5.07. The molecule has 1 aromatic rings. The molecule has 0 saturated heterocycles. The van der Waals surface area contributed by atoms with Crippen LogP contribution in [0.25, 0.3) is 0 Å². The highest BCUT2D eigenvalue weighted by Gasteiger charge is 2.21. The van der Waals surface area contributed by atoms with Crippen molar-refractivity contribution in [1.82, 2.24) is 0 Å². The summed E-state index contributed by atoms with van der Waals surface area (Å²) in [6.45, 7) is 5.71. The van der Waals surface area contributed by atoms with E-state index in [9.17, 15) is 10.1 Å². The van der Waals surface area contributed by atoms with Crippen LogP contribution in [-0.4, -0.2) is 18.0 Å². The predicted octanol–water partition coefficient (Wildman–Crippen LogP) is 3.87. The minimum Gasteiger partial charge on any atom is -0.366 e. The SMILES string of the molecule is CCCN(CCC)c1cccc(Cl)c1[N+](=O)[O-]. The molecule has 0 radical (unpaired) electrons. The van der Waals surface area contributed by atoms with Gasteiger partial charge >= 0.3 is 5.69 Å². The van der Waals surface area contributed by atoms with E-state index in [4.69, 9.17) is 11.6 Å². The second kappa shape index (κ2) is 6.45. The average Bonchev–Trinajstić information content (AvgIpc) is 2.28. The van der Waals surface area contributed by atoms with Crippen LogP contribution in [0.4, 0.5) is 11.4 Å². The van der Waals surface area contributed by atoms with Crippen LogP contribution < -0.4 is 4.90 Å². The van der Waals surface area contributed by atoms with Crippen molar-refractivity contribution < 1.29 is 4.92 Å². The van der Waals surface area contributed by atoms with E-state index < -0.39 is 4.92 Å². The summed E-state index contributed by atoms with van der Waals surface area (Å²) in [5.74, 6) is 0. The molecule has 0 aromatic heterocycles. The van der Waals surface area contributed by atoms with Crippen LogP contribution >= 0.6 is 11.6 Å². The standard InChI is InChI=1S/C12H17ClN2O2/c1-3-8-14(9-4-2)11-7-5-6-10(13)12(11)15(16)17/h5-7H,3-4,8-9H2,1-2H3. The van der Waals surface area contributed by atoms with Gasteiger partial charge in [0.1, 0.15) is 10.7 Å². The van der Waals surface area contributed by atoms with Gasteiger partial charge in [0.2, 0.25) is 0 Å². The number of nitro groups is 1. The van der Waals surface area contributed by atoms with Crippen LogP contribution in [0, 0.1) is 10.1 Å². The maximum atomic E-state index is 11.0. The number of benzene rings is 1. The lowest BCUT2D eigenvalue weighted by molar-refractivity contribution is -0.384. The Kier molecular flexibility index (Phi) is 5.22. The Morgan fingerprint density at radius 1 is 1.29 bits per heavy atom. The van der Waals surface area contributed by atoms with E-state index in [0.717, 1.165) is 25.9 Å². The largest absolute Gasteiger partial charge is 0.366 e. The molecule has 1 rings (SSSR count). The van der Waals surface area contributed by atoms with E-state index in [0.29, 0.717) is 5.69 Å². The molecule has 0 aliphatic heterocycles. The molecule has 0 unspecified atom stereocenters. The van der Waals surface area contributed by atoms with Crippen molar-refractivity contribution in [2.45, 2.75) is 26.7 Å². The number of hydrogen-bond acceptors (Lipinski definition) is 3. The number of rotatable bonds is 6. The molecule has 4 nitrogen and oxygen atoms in total. The highest BCUT2D eigenvalue weighted by molar-refractivity contribution is 6.33. The molecule has 1 aromatic carbocycles. The Balaban J connectivity index is 3.17. The molecule has 0 spiro atoms. The molecule has 0 aliphatic carbocycles. The Bertz CT molecular complexity index is 390. The van der Waals surface area contributed by atoms with E-state index >= 15 is 0 Å². The molecule has 0 aliphatic rings. The van der Waals surface area contributed by atoms with Crippen molar-refractivity contribution in [1.29, 1.82) is 0 Å². The third-order valence-electron chi connectivity index (χ3n) is 2.48. The zero-order chi connectivity index (χ0) is 12.8. The summed E-state index contributed by atoms with van der Waals surface area (Å²) in [7, 11) is 0. The van der Waals surface area contributed by atoms with Gasteiger partial charge in [-0.15, -0.1) is 0 Å². The van der Waals surface area contributed by atoms with E-state index in [2.05, 4.69) is 13.8 Å². The third-order valence-corrected chi connectivity index (χ3v) is 2.78. The fourth-order valence-corrected chi connectivity index (χ4v) is 2.07. The predicted molar refractivity (Wildman–Crippen MR) is 70.9 cm³/mol. The first kappa shape index (κ1) is 13.8. The van der Waals surface area contributed by atoms with Crippen molar-refractivity contribution >= 4 is 23.0 Å². The first-order valence-corrected chi connectivity index (χ1v) is 6.17. The first-order chi connectivity index (χ1) is 8.11. The molecule has 0 amide bonds. The van der Waals surface area contributed by atoms with Crippen LogP contribution in [0.5, 0.6) is 0 Å². The summed E-state index contributed by atoms with van der Waals surface area (Å²) in [4.78, 5) is 12.7. The molecule has 0 fully saturated rings. The van der Waals surface area contributed by atoms with Crippen molar-refractivity contribution in [2.24, 2.45) is 0 Å². The normalized spacial score (nSPS) is 10.3. The quantitative estimate of drug-likeness (QED) is 0.573. The Labute approximate surface area is 106 Å². The van der Waals surface area contributed by atoms with Gasteiger partial charge in [0.15, 0.2) is 0 Å². The zero-order valence-electron chi connectivity index (χ0n) is 10.1. The van der Waals surface area contributed by atoms with E-state index in [1.54, 1.807) is 18.2 Å². The zero-order valence-corrected chi connectivity index (χ0v) is 10.9. The maximum absolute atomic E-state index is 11.0. The van der Waals surface area contributed by atoms with E-state index in [1.807, 2.05) is 4.90 Å². The lowest BCUT2D eigenvalue weighted by Gasteiger charge is -2.23. The van der Waals surface area contributed by atoms with Gasteiger partial charge in [-0.05, 0) is 25.0 Å². The number of nitrogens with zero attached hydrogens (tertiary/aromatic N) is 2. The van der Waals surface area contributed by atoms with Crippen LogP contribution in [0.15, 0.2) is 18.2 Å². The van der Waals surface area contributed by atoms with Gasteiger partial charge in [0, 0.05) is 13.1 Å². The summed E-state index contributed by atoms with van der Waals surface area (Å²) in [6.07, 6.45) is 1.90. The maximum Gasteiger partial charge on any atom is 0.310 e. The van der Waals surface area contributed by atoms with Gasteiger partial charge in [-0.2, -0.15) is 0 Å². The van der Waals surface area contributed by atoms with Crippen molar-refractivity contribution in [2.75, 3.05) is 18.0 Å². The second-order valence-electron chi connectivity index (χ2n) is 3.85. The number of nitro benzene ring substituents is 1. The van der Waals surface area contributed by atoms with Gasteiger partial charge in [0.25, 0.3) is 0 Å². The van der Waals surface area contributed by atoms with Crippen molar-refractivity contribution in [3.8, 4) is 0 Å². The van der Waals surface area contributed by atoms with Gasteiger partial charge in [-0.25, -0.2) is 0 Å². The summed E-state index contributed by atoms with van der Waals surface area (Å²) >= 11 is 5.90. The van der Waals surface area contributed by atoms with Gasteiger partial charge < -0.3 is 4.90 Å². The minimum atomic E-state index is -0.407. The number of halogens is 1. The van der Waals surface area contributed by atoms with Crippen LogP contribution in [0.3, 0.4) is 0 Å². The monoisotopic (exact) mass is 256 g/mol. The smallest absolute Gasteiger partial charge is 0.310 e. The lowest BCUT2D eigenvalue weighted by atomic mass is 10.2. The van der Waals surface area contributed by atoms with Crippen LogP contribution in [-0.2, 0) is 0 Å². The van der Waals surface area contributed by atoms with E-state index in [1.165, 1.54) is 0 Å². The van der Waals surface area contributed by atoms with Gasteiger partial charge in [-0.1, -0.05) is 31.5 Å². The van der Waals surface area contributed by atoms with Crippen LogP contribution in [0.2, 0.25) is 5.02 Å². The molecule has 0 bridgehead atoms. The Morgan fingerprint density at radius 2 is 1.88 bits per heavy atom. The fourth-order valence-electron chi connectivity index (χ4n) is 1.83. The number of para-hydroxylation sites is 1. The Morgan fingerprint density at radius 3 is 2.35 bits per heavy atom. The highest BCUT2D eigenvalue weighted by Crippen LogP contribution is 2.35. The number of anilines is 1. The minimum absolute atomic E-state index is 0.0102. The topological polar surface area (TPSA) is 46.4 Å². The second-order valence-corrected chi connectivity index (χ2v) is 4.26. The Hall–Kier alpha value is -1.29. The van der Waals surface area contributed by atoms with Crippen molar-refractivity contribution in [3.63, 3.8) is 0 Å². The van der Waals surface area contributed by atoms with E-state index in [-0.39, 0.29) is 10.7 Å². The first-order valence-electron chi connectivity index (χ1n) is 5.79.